The number of pyridine rings is 1. The summed E-state index contributed by atoms with van der Waals surface area (Å²) in [6.07, 6.45) is 1.21. The Morgan fingerprint density at radius 1 is 1.33 bits per heavy atom. The fraction of sp³-hybridized carbons (Fsp3) is 0.154. The maximum absolute atomic E-state index is 12.6. The van der Waals surface area contributed by atoms with Crippen LogP contribution < -0.4 is 15.6 Å². The first kappa shape index (κ1) is 15.6. The lowest BCUT2D eigenvalue weighted by Crippen LogP contribution is -2.27. The van der Waals surface area contributed by atoms with Gasteiger partial charge in [0.15, 0.2) is 5.82 Å². The third-order valence-corrected chi connectivity index (χ3v) is 5.09. The third-order valence-electron chi connectivity index (χ3n) is 3.07. The van der Waals surface area contributed by atoms with Crippen molar-refractivity contribution in [1.29, 1.82) is 0 Å². The van der Waals surface area contributed by atoms with Crippen molar-refractivity contribution in [1.82, 2.24) is 4.98 Å². The standard InChI is InChI=1S/C13H15ClN4O2S/c1-9-5-3-4-6-12(9)18(2)21(19,20)10-7-11(14)13(17-15)16-8-10/h3-8H,15H2,1-2H3,(H,16,17). The zero-order chi connectivity index (χ0) is 15.6. The van der Waals surface area contributed by atoms with Crippen LogP contribution >= 0.6 is 11.6 Å². The zero-order valence-electron chi connectivity index (χ0n) is 11.5. The van der Waals surface area contributed by atoms with Gasteiger partial charge in [-0.3, -0.25) is 4.31 Å². The molecule has 2 aromatic rings. The summed E-state index contributed by atoms with van der Waals surface area (Å²) in [5.74, 6) is 5.44. The van der Waals surface area contributed by atoms with E-state index in [0.717, 1.165) is 5.56 Å². The average Bonchev–Trinajstić information content (AvgIpc) is 2.47. The SMILES string of the molecule is Cc1ccccc1N(C)S(=O)(=O)c1cnc(NN)c(Cl)c1. The molecule has 0 saturated carbocycles. The Labute approximate surface area is 128 Å². The molecule has 1 aromatic heterocycles. The summed E-state index contributed by atoms with van der Waals surface area (Å²) in [6, 6.07) is 8.51. The molecule has 0 saturated heterocycles. The van der Waals surface area contributed by atoms with Crippen LogP contribution in [0.5, 0.6) is 0 Å². The van der Waals surface area contributed by atoms with Gasteiger partial charge in [-0.15, -0.1) is 0 Å². The molecule has 112 valence electrons. The molecule has 0 radical (unpaired) electrons. The van der Waals surface area contributed by atoms with Gasteiger partial charge in [-0.2, -0.15) is 0 Å². The van der Waals surface area contributed by atoms with Gasteiger partial charge in [0.25, 0.3) is 10.0 Å². The molecule has 0 aliphatic rings. The van der Waals surface area contributed by atoms with E-state index < -0.39 is 10.0 Å². The van der Waals surface area contributed by atoms with Gasteiger partial charge in [-0.25, -0.2) is 19.2 Å². The van der Waals surface area contributed by atoms with Gasteiger partial charge in [0, 0.05) is 13.2 Å². The molecule has 0 atom stereocenters. The Bertz CT molecular complexity index is 765. The van der Waals surface area contributed by atoms with Crippen LogP contribution in [0.4, 0.5) is 11.5 Å². The number of hydrazine groups is 1. The number of aromatic nitrogens is 1. The van der Waals surface area contributed by atoms with Gasteiger partial charge in [0.1, 0.15) is 4.90 Å². The normalized spacial score (nSPS) is 11.2. The van der Waals surface area contributed by atoms with Gasteiger partial charge < -0.3 is 5.43 Å². The van der Waals surface area contributed by atoms with Crippen LogP contribution in [-0.4, -0.2) is 20.4 Å². The van der Waals surface area contributed by atoms with Crippen LogP contribution in [0.1, 0.15) is 5.56 Å². The lowest BCUT2D eigenvalue weighted by Gasteiger charge is -2.21. The first-order valence-corrected chi connectivity index (χ1v) is 7.86. The van der Waals surface area contributed by atoms with Crippen molar-refractivity contribution >= 4 is 33.1 Å². The summed E-state index contributed by atoms with van der Waals surface area (Å²) in [4.78, 5) is 3.89. The van der Waals surface area contributed by atoms with Gasteiger partial charge in [-0.1, -0.05) is 29.8 Å². The number of nitrogens with zero attached hydrogens (tertiary/aromatic N) is 2. The van der Waals surface area contributed by atoms with E-state index in [1.54, 1.807) is 12.1 Å². The minimum Gasteiger partial charge on any atom is -0.307 e. The molecular formula is C13H15ClN4O2S. The summed E-state index contributed by atoms with van der Waals surface area (Å²) in [5.41, 5.74) is 3.73. The monoisotopic (exact) mass is 326 g/mol. The summed E-state index contributed by atoms with van der Waals surface area (Å²) >= 11 is 5.93. The summed E-state index contributed by atoms with van der Waals surface area (Å²) in [7, 11) is -2.26. The molecule has 0 spiro atoms. The highest BCUT2D eigenvalue weighted by atomic mass is 35.5. The Hall–Kier alpha value is -1.83. The molecule has 0 bridgehead atoms. The number of aryl methyl sites for hydroxylation is 1. The Morgan fingerprint density at radius 3 is 2.57 bits per heavy atom. The van der Waals surface area contributed by atoms with Crippen LogP contribution in [0.2, 0.25) is 5.02 Å². The number of anilines is 2. The predicted molar refractivity (Wildman–Crippen MR) is 83.8 cm³/mol. The smallest absolute Gasteiger partial charge is 0.265 e. The number of nitrogens with two attached hydrogens (primary N) is 1. The minimum atomic E-state index is -3.74. The lowest BCUT2D eigenvalue weighted by molar-refractivity contribution is 0.594. The number of hydrogen-bond acceptors (Lipinski definition) is 5. The third kappa shape index (κ3) is 2.94. The molecule has 0 amide bonds. The number of para-hydroxylation sites is 1. The largest absolute Gasteiger partial charge is 0.307 e. The average molecular weight is 327 g/mol. The van der Waals surface area contributed by atoms with Gasteiger partial charge in [0.2, 0.25) is 0 Å². The Balaban J connectivity index is 2.47. The van der Waals surface area contributed by atoms with Crippen molar-refractivity contribution in [3.63, 3.8) is 0 Å². The van der Waals surface area contributed by atoms with Crippen LogP contribution in [0.3, 0.4) is 0 Å². The lowest BCUT2D eigenvalue weighted by atomic mass is 10.2. The molecule has 0 aliphatic carbocycles. The highest BCUT2D eigenvalue weighted by Crippen LogP contribution is 2.27. The molecule has 8 heteroatoms. The van der Waals surface area contributed by atoms with Crippen molar-refractivity contribution < 1.29 is 8.42 Å². The molecule has 3 N–H and O–H groups in total. The van der Waals surface area contributed by atoms with E-state index in [0.29, 0.717) is 5.69 Å². The first-order valence-electron chi connectivity index (χ1n) is 6.04. The molecule has 0 fully saturated rings. The second-order valence-electron chi connectivity index (χ2n) is 4.40. The van der Waals surface area contributed by atoms with Crippen LogP contribution in [0, 0.1) is 6.92 Å². The number of rotatable bonds is 4. The second-order valence-corrected chi connectivity index (χ2v) is 6.78. The molecular weight excluding hydrogens is 312 g/mol. The quantitative estimate of drug-likeness (QED) is 0.664. The Kier molecular flexibility index (Phi) is 4.36. The van der Waals surface area contributed by atoms with E-state index >= 15 is 0 Å². The molecule has 0 unspecified atom stereocenters. The van der Waals surface area contributed by atoms with Crippen molar-refractivity contribution in [2.75, 3.05) is 16.8 Å². The van der Waals surface area contributed by atoms with Crippen molar-refractivity contribution in [2.24, 2.45) is 5.84 Å². The van der Waals surface area contributed by atoms with Crippen molar-refractivity contribution in [3.05, 3.63) is 47.1 Å². The fourth-order valence-electron chi connectivity index (χ4n) is 1.87. The topological polar surface area (TPSA) is 88.3 Å². The molecule has 2 rings (SSSR count). The molecule has 0 aliphatic heterocycles. The predicted octanol–water partition coefficient (Wildman–Crippen LogP) is 2.15. The number of nitrogens with one attached hydrogen (secondary N) is 1. The molecule has 1 aromatic carbocycles. The summed E-state index contributed by atoms with van der Waals surface area (Å²) in [6.45, 7) is 1.84. The molecule has 6 nitrogen and oxygen atoms in total. The summed E-state index contributed by atoms with van der Waals surface area (Å²) in [5, 5.41) is 0.136. The van der Waals surface area contributed by atoms with Gasteiger partial charge in [-0.05, 0) is 24.6 Å². The maximum Gasteiger partial charge on any atom is 0.265 e. The summed E-state index contributed by atoms with van der Waals surface area (Å²) < 4.78 is 26.4. The maximum atomic E-state index is 12.6. The van der Waals surface area contributed by atoms with Crippen molar-refractivity contribution in [3.8, 4) is 0 Å². The number of sulfonamides is 1. The minimum absolute atomic E-state index is 0.00254. The van der Waals surface area contributed by atoms with E-state index in [1.807, 2.05) is 19.1 Å². The van der Waals surface area contributed by atoms with E-state index in [2.05, 4.69) is 10.4 Å². The van der Waals surface area contributed by atoms with Crippen LogP contribution in [0.15, 0.2) is 41.4 Å². The van der Waals surface area contributed by atoms with Crippen molar-refractivity contribution in [2.45, 2.75) is 11.8 Å². The van der Waals surface area contributed by atoms with Gasteiger partial charge >= 0.3 is 0 Å². The fourth-order valence-corrected chi connectivity index (χ4v) is 3.39. The van der Waals surface area contributed by atoms with E-state index in [1.165, 1.54) is 23.6 Å². The molecule has 21 heavy (non-hydrogen) atoms. The van der Waals surface area contributed by atoms with E-state index in [-0.39, 0.29) is 15.7 Å². The highest BCUT2D eigenvalue weighted by Gasteiger charge is 2.23. The second kappa shape index (κ2) is 5.88. The van der Waals surface area contributed by atoms with Crippen LogP contribution in [0.25, 0.3) is 0 Å². The van der Waals surface area contributed by atoms with E-state index in [4.69, 9.17) is 17.4 Å². The highest BCUT2D eigenvalue weighted by molar-refractivity contribution is 7.92. The first-order chi connectivity index (χ1) is 9.87. The number of halogens is 1. The number of hydrogen-bond donors (Lipinski definition) is 2. The van der Waals surface area contributed by atoms with Crippen LogP contribution in [-0.2, 0) is 10.0 Å². The zero-order valence-corrected chi connectivity index (χ0v) is 13.1. The molecule has 1 heterocycles. The number of nitrogen functional groups attached to an aromatic ring is 1. The Morgan fingerprint density at radius 2 is 2.00 bits per heavy atom. The number of benzene rings is 1. The van der Waals surface area contributed by atoms with Gasteiger partial charge in [0.05, 0.1) is 10.7 Å². The van der Waals surface area contributed by atoms with E-state index in [9.17, 15) is 8.42 Å².